The third kappa shape index (κ3) is 7.40. The van der Waals surface area contributed by atoms with Crippen molar-refractivity contribution in [3.8, 4) is 5.75 Å². The van der Waals surface area contributed by atoms with Gasteiger partial charge in [-0.1, -0.05) is 33.1 Å². The molecule has 7 heteroatoms. The topological polar surface area (TPSA) is 93.7 Å². The van der Waals surface area contributed by atoms with Crippen LogP contribution in [0.2, 0.25) is 0 Å². The molecule has 0 heterocycles. The highest BCUT2D eigenvalue weighted by atomic mass is 16.5. The molecule has 0 aliphatic heterocycles. The summed E-state index contributed by atoms with van der Waals surface area (Å²) in [6, 6.07) is 5.75. The van der Waals surface area contributed by atoms with Crippen LogP contribution in [-0.4, -0.2) is 44.1 Å². The Morgan fingerprint density at radius 3 is 2.31 bits per heavy atom. The second-order valence-electron chi connectivity index (χ2n) is 7.84. The molecular formula is C22H32N2O5. The van der Waals surface area contributed by atoms with Gasteiger partial charge >= 0.3 is 5.97 Å². The molecule has 7 nitrogen and oxygen atoms in total. The minimum Gasteiger partial charge on any atom is -0.497 e. The minimum absolute atomic E-state index is 0.185. The highest BCUT2D eigenvalue weighted by Gasteiger charge is 2.27. The standard InChI is InChI=1S/C22H32N2O5/c1-15(2)20(24-21(26)17-9-11-18(28-3)12-10-17)22(27)29-14-19(25)23-13-16-7-5-4-6-8-16/h9-12,15-16,20H,4-8,13-14H2,1-3H3,(H,23,25)(H,24,26). The van der Waals surface area contributed by atoms with E-state index in [0.717, 1.165) is 12.8 Å². The molecule has 1 aliphatic carbocycles. The van der Waals surface area contributed by atoms with Crippen molar-refractivity contribution < 1.29 is 23.9 Å². The van der Waals surface area contributed by atoms with E-state index in [9.17, 15) is 14.4 Å². The summed E-state index contributed by atoms with van der Waals surface area (Å²) in [5, 5.41) is 5.53. The number of benzene rings is 1. The van der Waals surface area contributed by atoms with Crippen LogP contribution in [0.4, 0.5) is 0 Å². The lowest BCUT2D eigenvalue weighted by Gasteiger charge is -2.22. The van der Waals surface area contributed by atoms with Crippen LogP contribution in [0.1, 0.15) is 56.3 Å². The highest BCUT2D eigenvalue weighted by molar-refractivity contribution is 5.97. The van der Waals surface area contributed by atoms with E-state index in [0.29, 0.717) is 23.8 Å². The summed E-state index contributed by atoms with van der Waals surface area (Å²) in [5.74, 6) is -0.348. The van der Waals surface area contributed by atoms with Crippen LogP contribution < -0.4 is 15.4 Å². The molecule has 160 valence electrons. The molecule has 1 aliphatic rings. The van der Waals surface area contributed by atoms with Crippen LogP contribution in [-0.2, 0) is 14.3 Å². The number of amides is 2. The maximum absolute atomic E-state index is 12.4. The summed E-state index contributed by atoms with van der Waals surface area (Å²) in [4.78, 5) is 36.9. The van der Waals surface area contributed by atoms with Gasteiger partial charge in [-0.15, -0.1) is 0 Å². The second-order valence-corrected chi connectivity index (χ2v) is 7.84. The van der Waals surface area contributed by atoms with E-state index in [1.54, 1.807) is 31.4 Å². The van der Waals surface area contributed by atoms with Gasteiger partial charge in [-0.25, -0.2) is 4.79 Å². The number of rotatable bonds is 9. The molecule has 1 unspecified atom stereocenters. The van der Waals surface area contributed by atoms with Crippen molar-refractivity contribution in [1.82, 2.24) is 10.6 Å². The smallest absolute Gasteiger partial charge is 0.329 e. The predicted octanol–water partition coefficient (Wildman–Crippen LogP) is 2.69. The molecule has 0 saturated heterocycles. The van der Waals surface area contributed by atoms with Gasteiger partial charge in [0.1, 0.15) is 11.8 Å². The van der Waals surface area contributed by atoms with Gasteiger partial charge in [0.2, 0.25) is 0 Å². The maximum atomic E-state index is 12.4. The zero-order chi connectivity index (χ0) is 21.2. The summed E-state index contributed by atoms with van der Waals surface area (Å²) in [7, 11) is 1.55. The zero-order valence-electron chi connectivity index (χ0n) is 17.5. The first kappa shape index (κ1) is 22.7. The number of methoxy groups -OCH3 is 1. The van der Waals surface area contributed by atoms with Gasteiger partial charge in [-0.3, -0.25) is 9.59 Å². The summed E-state index contributed by atoms with van der Waals surface area (Å²) in [6.07, 6.45) is 5.94. The van der Waals surface area contributed by atoms with Crippen LogP contribution >= 0.6 is 0 Å². The summed E-state index contributed by atoms with van der Waals surface area (Å²) in [6.45, 7) is 3.90. The van der Waals surface area contributed by atoms with Gasteiger partial charge in [0.25, 0.3) is 11.8 Å². The summed E-state index contributed by atoms with van der Waals surface area (Å²) in [5.41, 5.74) is 0.412. The van der Waals surface area contributed by atoms with Crippen molar-refractivity contribution in [2.75, 3.05) is 20.3 Å². The van der Waals surface area contributed by atoms with Crippen molar-refractivity contribution in [3.63, 3.8) is 0 Å². The lowest BCUT2D eigenvalue weighted by molar-refractivity contribution is -0.151. The second kappa shape index (κ2) is 11.4. The Morgan fingerprint density at radius 2 is 1.72 bits per heavy atom. The monoisotopic (exact) mass is 404 g/mol. The number of carbonyl (C=O) groups is 3. The Kier molecular flexibility index (Phi) is 8.96. The highest BCUT2D eigenvalue weighted by Crippen LogP contribution is 2.22. The molecule has 0 aromatic heterocycles. The molecule has 2 N–H and O–H groups in total. The first-order valence-corrected chi connectivity index (χ1v) is 10.3. The van der Waals surface area contributed by atoms with Gasteiger partial charge in [0, 0.05) is 12.1 Å². The van der Waals surface area contributed by atoms with E-state index in [4.69, 9.17) is 9.47 Å². The zero-order valence-corrected chi connectivity index (χ0v) is 17.5. The van der Waals surface area contributed by atoms with Gasteiger partial charge in [-0.2, -0.15) is 0 Å². The van der Waals surface area contributed by atoms with E-state index in [1.165, 1.54) is 19.3 Å². The Hall–Kier alpha value is -2.57. The fourth-order valence-corrected chi connectivity index (χ4v) is 3.39. The SMILES string of the molecule is COc1ccc(C(=O)NC(C(=O)OCC(=O)NCC2CCCCC2)C(C)C)cc1. The number of ether oxygens (including phenoxy) is 2. The number of hydrogen-bond acceptors (Lipinski definition) is 5. The summed E-state index contributed by atoms with van der Waals surface area (Å²) < 4.78 is 10.2. The molecule has 1 atom stereocenters. The average molecular weight is 405 g/mol. The van der Waals surface area contributed by atoms with Crippen LogP contribution in [0.3, 0.4) is 0 Å². The normalized spacial score (nSPS) is 15.4. The predicted molar refractivity (Wildman–Crippen MR) is 110 cm³/mol. The third-order valence-electron chi connectivity index (χ3n) is 5.22. The molecule has 0 radical (unpaired) electrons. The van der Waals surface area contributed by atoms with E-state index in [-0.39, 0.29) is 24.3 Å². The van der Waals surface area contributed by atoms with Gasteiger partial charge < -0.3 is 20.1 Å². The molecule has 1 saturated carbocycles. The van der Waals surface area contributed by atoms with Crippen LogP contribution in [0.15, 0.2) is 24.3 Å². The molecule has 1 aromatic carbocycles. The fourth-order valence-electron chi connectivity index (χ4n) is 3.39. The average Bonchev–Trinajstić information content (AvgIpc) is 2.74. The first-order valence-electron chi connectivity index (χ1n) is 10.3. The third-order valence-corrected chi connectivity index (χ3v) is 5.22. The maximum Gasteiger partial charge on any atom is 0.329 e. The van der Waals surface area contributed by atoms with E-state index in [1.807, 2.05) is 13.8 Å². The molecule has 0 spiro atoms. The lowest BCUT2D eigenvalue weighted by atomic mass is 9.89. The van der Waals surface area contributed by atoms with Crippen LogP contribution in [0, 0.1) is 11.8 Å². The fraction of sp³-hybridized carbons (Fsp3) is 0.591. The Morgan fingerprint density at radius 1 is 1.07 bits per heavy atom. The molecule has 1 aromatic rings. The first-order chi connectivity index (χ1) is 13.9. The molecule has 1 fully saturated rings. The van der Waals surface area contributed by atoms with Crippen molar-refractivity contribution in [2.45, 2.75) is 52.0 Å². The van der Waals surface area contributed by atoms with Crippen LogP contribution in [0.25, 0.3) is 0 Å². The van der Waals surface area contributed by atoms with E-state index >= 15 is 0 Å². The van der Waals surface area contributed by atoms with Gasteiger partial charge in [-0.05, 0) is 48.9 Å². The summed E-state index contributed by atoms with van der Waals surface area (Å²) >= 11 is 0. The van der Waals surface area contributed by atoms with Gasteiger partial charge in [0.05, 0.1) is 7.11 Å². The largest absolute Gasteiger partial charge is 0.497 e. The number of hydrogen-bond donors (Lipinski definition) is 2. The Bertz CT molecular complexity index is 681. The van der Waals surface area contributed by atoms with Crippen molar-refractivity contribution in [2.24, 2.45) is 11.8 Å². The number of nitrogens with one attached hydrogen (secondary N) is 2. The van der Waals surface area contributed by atoms with Crippen molar-refractivity contribution in [1.29, 1.82) is 0 Å². The number of carbonyl (C=O) groups excluding carboxylic acids is 3. The molecule has 2 amide bonds. The Labute approximate surface area is 172 Å². The quantitative estimate of drug-likeness (QED) is 0.617. The molecular weight excluding hydrogens is 372 g/mol. The van der Waals surface area contributed by atoms with Gasteiger partial charge in [0.15, 0.2) is 6.61 Å². The minimum atomic E-state index is -0.837. The molecule has 2 rings (SSSR count). The Balaban J connectivity index is 1.81. The molecule has 0 bridgehead atoms. The van der Waals surface area contributed by atoms with Crippen LogP contribution in [0.5, 0.6) is 5.75 Å². The molecule has 29 heavy (non-hydrogen) atoms. The van der Waals surface area contributed by atoms with Crippen molar-refractivity contribution >= 4 is 17.8 Å². The van der Waals surface area contributed by atoms with E-state index < -0.39 is 12.0 Å². The lowest BCUT2D eigenvalue weighted by Crippen LogP contribution is -2.46. The van der Waals surface area contributed by atoms with E-state index in [2.05, 4.69) is 10.6 Å². The van der Waals surface area contributed by atoms with Crippen molar-refractivity contribution in [3.05, 3.63) is 29.8 Å². The number of esters is 1.